The van der Waals surface area contributed by atoms with E-state index in [1.165, 1.54) is 0 Å². The molecular formula is C15H26O4. The molecule has 0 saturated carbocycles. The number of unbranched alkanes of at least 4 members (excludes halogenated alkanes) is 1. The minimum atomic E-state index is -1.01. The minimum Gasteiger partial charge on any atom is -0.481 e. The van der Waals surface area contributed by atoms with Gasteiger partial charge in [-0.1, -0.05) is 38.7 Å². The molecule has 0 aliphatic carbocycles. The fourth-order valence-corrected chi connectivity index (χ4v) is 1.78. The Kier molecular flexibility index (Phi) is 8.92. The highest BCUT2D eigenvalue weighted by atomic mass is 16.5. The standard InChI is InChI=1S/C15H26O4/c1-5-7-8-12(6-2)10-19-15(18)13(11(3)4)9-14(16)17/h12H,5-10H2,1-4H3,(H,16,17). The lowest BCUT2D eigenvalue weighted by molar-refractivity contribution is -0.144. The zero-order valence-electron chi connectivity index (χ0n) is 12.5. The van der Waals surface area contributed by atoms with Crippen LogP contribution in [-0.4, -0.2) is 23.7 Å². The molecule has 1 atom stereocenters. The summed E-state index contributed by atoms with van der Waals surface area (Å²) in [4.78, 5) is 22.6. The Morgan fingerprint density at radius 1 is 1.21 bits per heavy atom. The Bertz CT molecular complexity index is 327. The highest BCUT2D eigenvalue weighted by Crippen LogP contribution is 2.16. The molecule has 0 amide bonds. The van der Waals surface area contributed by atoms with Gasteiger partial charge in [0.25, 0.3) is 0 Å². The van der Waals surface area contributed by atoms with Crippen molar-refractivity contribution in [2.45, 2.75) is 59.8 Å². The number of carbonyl (C=O) groups is 2. The average molecular weight is 270 g/mol. The second-order valence-corrected chi connectivity index (χ2v) is 5.06. The minimum absolute atomic E-state index is 0.262. The summed E-state index contributed by atoms with van der Waals surface area (Å²) in [5.74, 6) is -1.13. The molecule has 19 heavy (non-hydrogen) atoms. The lowest BCUT2D eigenvalue weighted by Crippen LogP contribution is -2.17. The van der Waals surface area contributed by atoms with Gasteiger partial charge >= 0.3 is 11.9 Å². The van der Waals surface area contributed by atoms with Crippen LogP contribution < -0.4 is 0 Å². The quantitative estimate of drug-likeness (QED) is 0.514. The van der Waals surface area contributed by atoms with Gasteiger partial charge in [0.1, 0.15) is 0 Å². The maximum Gasteiger partial charge on any atom is 0.334 e. The first-order valence-corrected chi connectivity index (χ1v) is 6.97. The molecule has 0 fully saturated rings. The number of carboxylic acid groups (broad SMARTS) is 1. The number of hydrogen-bond acceptors (Lipinski definition) is 3. The topological polar surface area (TPSA) is 63.6 Å². The molecule has 1 unspecified atom stereocenters. The van der Waals surface area contributed by atoms with Crippen molar-refractivity contribution in [2.75, 3.05) is 6.61 Å². The first-order chi connectivity index (χ1) is 8.92. The molecule has 0 rings (SSSR count). The predicted octanol–water partition coefficient (Wildman–Crippen LogP) is 3.56. The number of carbonyl (C=O) groups excluding carboxylic acids is 1. The number of carboxylic acids is 1. The van der Waals surface area contributed by atoms with Gasteiger partial charge in [0.05, 0.1) is 13.0 Å². The van der Waals surface area contributed by atoms with Crippen LogP contribution >= 0.6 is 0 Å². The Morgan fingerprint density at radius 3 is 2.26 bits per heavy atom. The lowest BCUT2D eigenvalue weighted by Gasteiger charge is -2.15. The number of esters is 1. The first-order valence-electron chi connectivity index (χ1n) is 6.97. The van der Waals surface area contributed by atoms with Crippen molar-refractivity contribution in [1.82, 2.24) is 0 Å². The Morgan fingerprint density at radius 2 is 1.84 bits per heavy atom. The van der Waals surface area contributed by atoms with Crippen LogP contribution in [0.2, 0.25) is 0 Å². The summed E-state index contributed by atoms with van der Waals surface area (Å²) in [5, 5.41) is 8.78. The number of allylic oxidation sites excluding steroid dienone is 1. The van der Waals surface area contributed by atoms with Crippen LogP contribution in [-0.2, 0) is 14.3 Å². The van der Waals surface area contributed by atoms with E-state index in [9.17, 15) is 9.59 Å². The third-order valence-corrected chi connectivity index (χ3v) is 3.17. The summed E-state index contributed by atoms with van der Waals surface area (Å²) < 4.78 is 5.26. The molecule has 0 aromatic heterocycles. The first kappa shape index (κ1) is 17.7. The third kappa shape index (κ3) is 7.65. The maximum atomic E-state index is 11.9. The van der Waals surface area contributed by atoms with Gasteiger partial charge in [-0.25, -0.2) is 4.79 Å². The van der Waals surface area contributed by atoms with Gasteiger partial charge < -0.3 is 9.84 Å². The summed E-state index contributed by atoms with van der Waals surface area (Å²) in [7, 11) is 0. The van der Waals surface area contributed by atoms with Crippen LogP contribution in [0.4, 0.5) is 0 Å². The zero-order valence-corrected chi connectivity index (χ0v) is 12.5. The molecule has 0 aromatic carbocycles. The molecule has 0 saturated heterocycles. The van der Waals surface area contributed by atoms with Crippen molar-refractivity contribution in [3.05, 3.63) is 11.1 Å². The molecule has 4 nitrogen and oxygen atoms in total. The van der Waals surface area contributed by atoms with Crippen molar-refractivity contribution >= 4 is 11.9 Å². The molecule has 110 valence electrons. The monoisotopic (exact) mass is 270 g/mol. The van der Waals surface area contributed by atoms with E-state index in [-0.39, 0.29) is 12.0 Å². The fourth-order valence-electron chi connectivity index (χ4n) is 1.78. The summed E-state index contributed by atoms with van der Waals surface area (Å²) in [6.07, 6.45) is 4.00. The fraction of sp³-hybridized carbons (Fsp3) is 0.733. The van der Waals surface area contributed by atoms with E-state index in [0.29, 0.717) is 18.1 Å². The highest BCUT2D eigenvalue weighted by Gasteiger charge is 2.18. The second kappa shape index (κ2) is 9.59. The molecule has 0 aliphatic heterocycles. The van der Waals surface area contributed by atoms with Gasteiger partial charge in [0.2, 0.25) is 0 Å². The second-order valence-electron chi connectivity index (χ2n) is 5.06. The van der Waals surface area contributed by atoms with Crippen LogP contribution in [0.25, 0.3) is 0 Å². The van der Waals surface area contributed by atoms with E-state index < -0.39 is 11.9 Å². The zero-order chi connectivity index (χ0) is 14.8. The molecule has 0 radical (unpaired) electrons. The molecule has 0 aliphatic rings. The Balaban J connectivity index is 4.41. The lowest BCUT2D eigenvalue weighted by atomic mass is 10.0. The summed E-state index contributed by atoms with van der Waals surface area (Å²) in [5.41, 5.74) is 0.965. The smallest absolute Gasteiger partial charge is 0.334 e. The predicted molar refractivity (Wildman–Crippen MR) is 74.9 cm³/mol. The Hall–Kier alpha value is -1.32. The third-order valence-electron chi connectivity index (χ3n) is 3.17. The van der Waals surface area contributed by atoms with Gasteiger partial charge in [-0.3, -0.25) is 4.79 Å². The maximum absolute atomic E-state index is 11.9. The number of hydrogen-bond donors (Lipinski definition) is 1. The van der Waals surface area contributed by atoms with Crippen LogP contribution in [0.3, 0.4) is 0 Å². The summed E-state index contributed by atoms with van der Waals surface area (Å²) in [6.45, 7) is 8.05. The molecule has 1 N–H and O–H groups in total. The van der Waals surface area contributed by atoms with Crippen molar-refractivity contribution in [3.8, 4) is 0 Å². The van der Waals surface area contributed by atoms with Crippen molar-refractivity contribution in [3.63, 3.8) is 0 Å². The van der Waals surface area contributed by atoms with Gasteiger partial charge in [0, 0.05) is 5.57 Å². The van der Waals surface area contributed by atoms with Crippen LogP contribution in [0.5, 0.6) is 0 Å². The summed E-state index contributed by atoms with van der Waals surface area (Å²) >= 11 is 0. The van der Waals surface area contributed by atoms with Crippen molar-refractivity contribution in [2.24, 2.45) is 5.92 Å². The Labute approximate surface area is 115 Å². The normalized spacial score (nSPS) is 11.8. The van der Waals surface area contributed by atoms with E-state index in [4.69, 9.17) is 9.84 Å². The van der Waals surface area contributed by atoms with E-state index >= 15 is 0 Å². The highest BCUT2D eigenvalue weighted by molar-refractivity contribution is 5.94. The van der Waals surface area contributed by atoms with E-state index in [2.05, 4.69) is 13.8 Å². The van der Waals surface area contributed by atoms with Crippen LogP contribution in [0.1, 0.15) is 59.8 Å². The van der Waals surface area contributed by atoms with E-state index in [0.717, 1.165) is 25.7 Å². The van der Waals surface area contributed by atoms with Crippen LogP contribution in [0, 0.1) is 5.92 Å². The molecule has 0 bridgehead atoms. The largest absolute Gasteiger partial charge is 0.481 e. The van der Waals surface area contributed by atoms with Crippen molar-refractivity contribution < 1.29 is 19.4 Å². The van der Waals surface area contributed by atoms with Gasteiger partial charge in [-0.15, -0.1) is 0 Å². The van der Waals surface area contributed by atoms with Gasteiger partial charge in [-0.05, 0) is 26.2 Å². The van der Waals surface area contributed by atoms with Gasteiger partial charge in [0.15, 0.2) is 0 Å². The SMILES string of the molecule is CCCCC(CC)COC(=O)C(CC(=O)O)=C(C)C. The van der Waals surface area contributed by atoms with Crippen molar-refractivity contribution in [1.29, 1.82) is 0 Å². The average Bonchev–Trinajstić information content (AvgIpc) is 2.35. The molecule has 0 aromatic rings. The number of aliphatic carboxylic acids is 1. The van der Waals surface area contributed by atoms with Crippen LogP contribution in [0.15, 0.2) is 11.1 Å². The number of ether oxygens (including phenoxy) is 1. The number of rotatable bonds is 9. The molecule has 4 heteroatoms. The van der Waals surface area contributed by atoms with Gasteiger partial charge in [-0.2, -0.15) is 0 Å². The molecular weight excluding hydrogens is 244 g/mol. The molecule has 0 heterocycles. The molecule has 0 spiro atoms. The van der Waals surface area contributed by atoms with E-state index in [1.54, 1.807) is 13.8 Å². The van der Waals surface area contributed by atoms with E-state index in [1.807, 2.05) is 0 Å². The summed E-state index contributed by atoms with van der Waals surface area (Å²) in [6, 6.07) is 0.